The number of nitrogens with zero attached hydrogens (tertiary/aromatic N) is 5. The maximum absolute atomic E-state index is 13.0. The van der Waals surface area contributed by atoms with Crippen LogP contribution in [0.4, 0.5) is 4.79 Å². The van der Waals surface area contributed by atoms with Crippen molar-refractivity contribution in [1.29, 1.82) is 0 Å². The molecular formula is C19H23N5O3. The zero-order valence-electron chi connectivity index (χ0n) is 15.4. The van der Waals surface area contributed by atoms with Gasteiger partial charge in [0.2, 0.25) is 5.96 Å². The number of allylic oxidation sites excluding steroid dienone is 1. The van der Waals surface area contributed by atoms with E-state index < -0.39 is 12.2 Å². The van der Waals surface area contributed by atoms with Crippen LogP contribution in [0.2, 0.25) is 0 Å². The highest BCUT2D eigenvalue weighted by atomic mass is 16.3. The van der Waals surface area contributed by atoms with Crippen LogP contribution in [0.1, 0.15) is 18.9 Å². The lowest BCUT2D eigenvalue weighted by molar-refractivity contribution is -0.136. The highest BCUT2D eigenvalue weighted by molar-refractivity contribution is 6.04. The van der Waals surface area contributed by atoms with Gasteiger partial charge in [-0.3, -0.25) is 9.69 Å². The SMILES string of the molecule is CC1=CN2C(=NC3C2C(=O)N(CCCO)C(=O)N3C)N1Cc1ccccc1. The Bertz CT molecular complexity index is 822. The van der Waals surface area contributed by atoms with E-state index in [1.165, 1.54) is 9.80 Å². The van der Waals surface area contributed by atoms with Crippen molar-refractivity contribution in [1.82, 2.24) is 19.6 Å². The number of urea groups is 1. The topological polar surface area (TPSA) is 79.7 Å². The molecule has 3 aliphatic heterocycles. The first-order chi connectivity index (χ1) is 13.0. The molecule has 0 bridgehead atoms. The Morgan fingerprint density at radius 3 is 2.59 bits per heavy atom. The molecule has 2 unspecified atom stereocenters. The smallest absolute Gasteiger partial charge is 0.328 e. The summed E-state index contributed by atoms with van der Waals surface area (Å²) < 4.78 is 0. The second kappa shape index (κ2) is 6.70. The van der Waals surface area contributed by atoms with Crippen LogP contribution in [-0.2, 0) is 11.3 Å². The summed E-state index contributed by atoms with van der Waals surface area (Å²) in [5, 5.41) is 9.07. The van der Waals surface area contributed by atoms with Gasteiger partial charge >= 0.3 is 6.03 Å². The fraction of sp³-hybridized carbons (Fsp3) is 0.421. The van der Waals surface area contributed by atoms with E-state index in [-0.39, 0.29) is 25.1 Å². The molecule has 3 amide bonds. The van der Waals surface area contributed by atoms with Crippen molar-refractivity contribution in [3.63, 3.8) is 0 Å². The lowest BCUT2D eigenvalue weighted by Gasteiger charge is -2.40. The average Bonchev–Trinajstić information content (AvgIpc) is 3.17. The van der Waals surface area contributed by atoms with E-state index >= 15 is 0 Å². The quantitative estimate of drug-likeness (QED) is 0.838. The van der Waals surface area contributed by atoms with Crippen LogP contribution in [0.25, 0.3) is 0 Å². The van der Waals surface area contributed by atoms with Crippen molar-refractivity contribution in [2.24, 2.45) is 4.99 Å². The van der Waals surface area contributed by atoms with E-state index in [1.54, 1.807) is 7.05 Å². The van der Waals surface area contributed by atoms with Crippen molar-refractivity contribution in [2.75, 3.05) is 20.2 Å². The molecule has 2 atom stereocenters. The Hall–Kier alpha value is -2.87. The maximum Gasteiger partial charge on any atom is 0.328 e. The van der Waals surface area contributed by atoms with Crippen LogP contribution in [0.5, 0.6) is 0 Å². The van der Waals surface area contributed by atoms with Gasteiger partial charge in [-0.15, -0.1) is 0 Å². The molecule has 0 radical (unpaired) electrons. The van der Waals surface area contributed by atoms with Crippen molar-refractivity contribution >= 4 is 17.9 Å². The number of benzene rings is 1. The van der Waals surface area contributed by atoms with E-state index in [9.17, 15) is 9.59 Å². The van der Waals surface area contributed by atoms with Crippen molar-refractivity contribution in [3.8, 4) is 0 Å². The van der Waals surface area contributed by atoms with Gasteiger partial charge in [-0.1, -0.05) is 30.3 Å². The minimum atomic E-state index is -0.558. The average molecular weight is 369 g/mol. The fourth-order valence-electron chi connectivity index (χ4n) is 3.80. The van der Waals surface area contributed by atoms with Gasteiger partial charge in [-0.2, -0.15) is 0 Å². The van der Waals surface area contributed by atoms with Gasteiger partial charge in [0.1, 0.15) is 0 Å². The number of fused-ring (bicyclic) bond motifs is 3. The third kappa shape index (κ3) is 2.76. The Kier molecular flexibility index (Phi) is 4.35. The van der Waals surface area contributed by atoms with Gasteiger partial charge in [0.05, 0.1) is 6.54 Å². The summed E-state index contributed by atoms with van der Waals surface area (Å²) in [6.07, 6.45) is 1.76. The molecule has 0 spiro atoms. The zero-order valence-corrected chi connectivity index (χ0v) is 15.4. The molecule has 3 heterocycles. The molecule has 0 saturated carbocycles. The van der Waals surface area contributed by atoms with E-state index in [2.05, 4.69) is 17.0 Å². The number of hydrogen-bond donors (Lipinski definition) is 1. The first-order valence-corrected chi connectivity index (χ1v) is 9.08. The highest BCUT2D eigenvalue weighted by Gasteiger charge is 2.54. The standard InChI is InChI=1S/C19H23N5O3/c1-13-11-24-15-16(21(2)19(27)22(17(15)26)9-6-10-25)20-18(24)23(13)12-14-7-4-3-5-8-14/h3-5,7-8,11,15-16,25H,6,9-10,12H2,1-2H3. The van der Waals surface area contributed by atoms with E-state index in [1.807, 2.05) is 36.2 Å². The van der Waals surface area contributed by atoms with Crippen molar-refractivity contribution in [3.05, 3.63) is 47.8 Å². The number of aliphatic hydroxyl groups is 1. The van der Waals surface area contributed by atoms with E-state index in [4.69, 9.17) is 10.1 Å². The zero-order chi connectivity index (χ0) is 19.1. The molecule has 8 nitrogen and oxygen atoms in total. The summed E-state index contributed by atoms with van der Waals surface area (Å²) in [5.41, 5.74) is 2.15. The van der Waals surface area contributed by atoms with Crippen molar-refractivity contribution in [2.45, 2.75) is 32.1 Å². The normalized spacial score (nSPS) is 24.3. The Morgan fingerprint density at radius 2 is 1.89 bits per heavy atom. The van der Waals surface area contributed by atoms with Gasteiger partial charge in [-0.05, 0) is 18.9 Å². The Morgan fingerprint density at radius 1 is 1.15 bits per heavy atom. The molecule has 8 heteroatoms. The summed E-state index contributed by atoms with van der Waals surface area (Å²) in [7, 11) is 1.67. The number of amides is 3. The number of aliphatic imine (C=N–C) groups is 1. The fourth-order valence-corrected chi connectivity index (χ4v) is 3.80. The number of imide groups is 1. The van der Waals surface area contributed by atoms with Crippen LogP contribution in [-0.4, -0.2) is 75.0 Å². The van der Waals surface area contributed by atoms with Gasteiger partial charge in [-0.25, -0.2) is 9.79 Å². The molecule has 1 fully saturated rings. The number of rotatable bonds is 5. The van der Waals surface area contributed by atoms with Gasteiger partial charge < -0.3 is 19.8 Å². The summed E-state index contributed by atoms with van der Waals surface area (Å²) in [4.78, 5) is 37.0. The number of guanidine groups is 1. The second-order valence-electron chi connectivity index (χ2n) is 7.00. The summed E-state index contributed by atoms with van der Waals surface area (Å²) in [5.74, 6) is 0.435. The third-order valence-corrected chi connectivity index (χ3v) is 5.23. The first kappa shape index (κ1) is 17.5. The second-order valence-corrected chi connectivity index (χ2v) is 7.00. The number of carbonyl (C=O) groups excluding carboxylic acids is 2. The van der Waals surface area contributed by atoms with Gasteiger partial charge in [0.15, 0.2) is 12.2 Å². The number of hydrogen-bond acceptors (Lipinski definition) is 6. The molecule has 0 aliphatic carbocycles. The molecule has 27 heavy (non-hydrogen) atoms. The third-order valence-electron chi connectivity index (χ3n) is 5.23. The molecule has 1 N–H and O–H groups in total. The lowest BCUT2D eigenvalue weighted by atomic mass is 10.1. The first-order valence-electron chi connectivity index (χ1n) is 9.08. The lowest BCUT2D eigenvalue weighted by Crippen LogP contribution is -2.64. The Labute approximate surface area is 158 Å². The van der Waals surface area contributed by atoms with E-state index in [0.29, 0.717) is 18.9 Å². The van der Waals surface area contributed by atoms with Gasteiger partial charge in [0, 0.05) is 32.1 Å². The van der Waals surface area contributed by atoms with Crippen LogP contribution in [0.3, 0.4) is 0 Å². The molecule has 3 aliphatic rings. The predicted molar refractivity (Wildman–Crippen MR) is 99.2 cm³/mol. The maximum atomic E-state index is 13.0. The molecule has 1 saturated heterocycles. The molecule has 4 rings (SSSR count). The van der Waals surface area contributed by atoms with Gasteiger partial charge in [0.25, 0.3) is 5.91 Å². The minimum absolute atomic E-state index is 0.0653. The summed E-state index contributed by atoms with van der Waals surface area (Å²) in [6.45, 7) is 2.79. The van der Waals surface area contributed by atoms with E-state index in [0.717, 1.165) is 11.3 Å². The molecule has 142 valence electrons. The van der Waals surface area contributed by atoms with Crippen LogP contribution in [0, 0.1) is 0 Å². The van der Waals surface area contributed by atoms with Crippen molar-refractivity contribution < 1.29 is 14.7 Å². The van der Waals surface area contributed by atoms with Crippen LogP contribution < -0.4 is 0 Å². The highest BCUT2D eigenvalue weighted by Crippen LogP contribution is 2.34. The summed E-state index contributed by atoms with van der Waals surface area (Å²) in [6, 6.07) is 9.14. The molecule has 0 aromatic heterocycles. The monoisotopic (exact) mass is 369 g/mol. The largest absolute Gasteiger partial charge is 0.396 e. The summed E-state index contributed by atoms with van der Waals surface area (Å²) >= 11 is 0. The van der Waals surface area contributed by atoms with Crippen LogP contribution in [0.15, 0.2) is 47.2 Å². The molecular weight excluding hydrogens is 346 g/mol. The molecule has 1 aromatic carbocycles. The number of likely N-dealkylation sites (N-methyl/N-ethyl adjacent to an activating group) is 1. The van der Waals surface area contributed by atoms with Crippen LogP contribution >= 0.6 is 0 Å². The Balaban J connectivity index is 1.61. The minimum Gasteiger partial charge on any atom is -0.396 e. The molecule has 1 aromatic rings. The number of aliphatic hydroxyl groups excluding tert-OH is 1. The predicted octanol–water partition coefficient (Wildman–Crippen LogP) is 1.01. The number of carbonyl (C=O) groups is 2.